The van der Waals surface area contributed by atoms with Gasteiger partial charge in [-0.3, -0.25) is 4.68 Å². The SMILES string of the molecule is N#Cc1nc(NCc2ccn(C3CCCC3)n2)ccc1Cl. The van der Waals surface area contributed by atoms with E-state index >= 15 is 0 Å². The van der Waals surface area contributed by atoms with E-state index in [2.05, 4.69) is 20.1 Å². The average Bonchev–Trinajstić information content (AvgIpc) is 3.17. The van der Waals surface area contributed by atoms with Crippen LogP contribution in [0.15, 0.2) is 24.4 Å². The van der Waals surface area contributed by atoms with E-state index in [1.54, 1.807) is 12.1 Å². The van der Waals surface area contributed by atoms with Crippen LogP contribution in [0, 0.1) is 11.3 Å². The molecule has 0 amide bonds. The Balaban J connectivity index is 1.64. The van der Waals surface area contributed by atoms with Crippen LogP contribution in [0.25, 0.3) is 0 Å². The Bertz CT molecular complexity index is 667. The van der Waals surface area contributed by atoms with Crippen molar-refractivity contribution >= 4 is 17.4 Å². The van der Waals surface area contributed by atoms with Crippen molar-refractivity contribution < 1.29 is 0 Å². The monoisotopic (exact) mass is 301 g/mol. The predicted molar refractivity (Wildman–Crippen MR) is 81.0 cm³/mol. The lowest BCUT2D eigenvalue weighted by Gasteiger charge is -2.09. The second-order valence-corrected chi connectivity index (χ2v) is 5.62. The molecule has 2 heterocycles. The van der Waals surface area contributed by atoms with Crippen molar-refractivity contribution in [3.8, 4) is 6.07 Å². The Morgan fingerprint density at radius 3 is 2.90 bits per heavy atom. The minimum Gasteiger partial charge on any atom is -0.364 e. The lowest BCUT2D eigenvalue weighted by atomic mass is 10.3. The molecule has 5 nitrogen and oxygen atoms in total. The van der Waals surface area contributed by atoms with Crippen molar-refractivity contribution in [3.63, 3.8) is 0 Å². The first kappa shape index (κ1) is 13.9. The quantitative estimate of drug-likeness (QED) is 0.938. The number of rotatable bonds is 4. The lowest BCUT2D eigenvalue weighted by molar-refractivity contribution is 0.463. The van der Waals surface area contributed by atoms with Crippen molar-refractivity contribution in [2.24, 2.45) is 0 Å². The molecule has 0 bridgehead atoms. The number of hydrogen-bond donors (Lipinski definition) is 1. The van der Waals surface area contributed by atoms with Gasteiger partial charge < -0.3 is 5.32 Å². The van der Waals surface area contributed by atoms with Crippen LogP contribution in [0.5, 0.6) is 0 Å². The normalized spacial score (nSPS) is 15.0. The molecule has 3 rings (SSSR count). The maximum Gasteiger partial charge on any atom is 0.161 e. The smallest absolute Gasteiger partial charge is 0.161 e. The van der Waals surface area contributed by atoms with E-state index < -0.39 is 0 Å². The molecule has 0 saturated heterocycles. The van der Waals surface area contributed by atoms with Crippen molar-refractivity contribution in [1.82, 2.24) is 14.8 Å². The molecule has 0 atom stereocenters. The van der Waals surface area contributed by atoms with Crippen LogP contribution < -0.4 is 5.32 Å². The Morgan fingerprint density at radius 2 is 2.14 bits per heavy atom. The van der Waals surface area contributed by atoms with E-state index in [4.69, 9.17) is 16.9 Å². The number of aromatic nitrogens is 3. The van der Waals surface area contributed by atoms with Gasteiger partial charge in [0.15, 0.2) is 5.69 Å². The Labute approximate surface area is 128 Å². The van der Waals surface area contributed by atoms with Crippen molar-refractivity contribution in [1.29, 1.82) is 5.26 Å². The molecule has 2 aromatic heterocycles. The third kappa shape index (κ3) is 3.17. The Hall–Kier alpha value is -2.06. The van der Waals surface area contributed by atoms with Crippen LogP contribution in [0.2, 0.25) is 5.02 Å². The van der Waals surface area contributed by atoms with Crippen LogP contribution in [0.1, 0.15) is 43.1 Å². The molecule has 6 heteroatoms. The van der Waals surface area contributed by atoms with Crippen LogP contribution in [-0.4, -0.2) is 14.8 Å². The highest BCUT2D eigenvalue weighted by Gasteiger charge is 2.17. The molecule has 0 radical (unpaired) electrons. The van der Waals surface area contributed by atoms with Crippen LogP contribution >= 0.6 is 11.6 Å². The first-order chi connectivity index (χ1) is 10.3. The summed E-state index contributed by atoms with van der Waals surface area (Å²) in [5.41, 5.74) is 1.20. The standard InChI is InChI=1S/C15H16ClN5/c16-13-5-6-15(19-14(13)9-17)18-10-11-7-8-21(20-11)12-3-1-2-4-12/h5-8,12H,1-4,10H2,(H,18,19). The summed E-state index contributed by atoms with van der Waals surface area (Å²) < 4.78 is 2.07. The van der Waals surface area contributed by atoms with Crippen LogP contribution in [0.3, 0.4) is 0 Å². The second kappa shape index (κ2) is 6.15. The number of anilines is 1. The summed E-state index contributed by atoms with van der Waals surface area (Å²) in [6.07, 6.45) is 7.08. The number of nitrogens with one attached hydrogen (secondary N) is 1. The lowest BCUT2D eigenvalue weighted by Crippen LogP contribution is -2.07. The van der Waals surface area contributed by atoms with Crippen molar-refractivity contribution in [2.45, 2.75) is 38.3 Å². The molecular weight excluding hydrogens is 286 g/mol. The third-order valence-corrected chi connectivity index (χ3v) is 4.07. The fourth-order valence-corrected chi connectivity index (χ4v) is 2.79. The maximum atomic E-state index is 8.91. The Morgan fingerprint density at radius 1 is 1.33 bits per heavy atom. The molecule has 1 aliphatic rings. The maximum absolute atomic E-state index is 8.91. The highest BCUT2D eigenvalue weighted by Crippen LogP contribution is 2.28. The van der Waals surface area contributed by atoms with Gasteiger partial charge in [-0.2, -0.15) is 10.4 Å². The summed E-state index contributed by atoms with van der Waals surface area (Å²) in [4.78, 5) is 4.15. The van der Waals surface area contributed by atoms with Gasteiger partial charge in [0.25, 0.3) is 0 Å². The summed E-state index contributed by atoms with van der Waals surface area (Å²) in [6, 6.07) is 7.98. The predicted octanol–water partition coefficient (Wildman–Crippen LogP) is 3.53. The van der Waals surface area contributed by atoms with E-state index in [1.165, 1.54) is 25.7 Å². The van der Waals surface area contributed by atoms with E-state index in [9.17, 15) is 0 Å². The summed E-state index contributed by atoms with van der Waals surface area (Å²) in [6.45, 7) is 0.583. The largest absolute Gasteiger partial charge is 0.364 e. The number of nitrogens with zero attached hydrogens (tertiary/aromatic N) is 4. The minimum atomic E-state index is 0.234. The van der Waals surface area contributed by atoms with Gasteiger partial charge >= 0.3 is 0 Å². The van der Waals surface area contributed by atoms with Crippen molar-refractivity contribution in [2.75, 3.05) is 5.32 Å². The highest BCUT2D eigenvalue weighted by atomic mass is 35.5. The van der Waals surface area contributed by atoms with Gasteiger partial charge in [-0.1, -0.05) is 24.4 Å². The number of hydrogen-bond acceptors (Lipinski definition) is 4. The fourth-order valence-electron chi connectivity index (χ4n) is 2.64. The average molecular weight is 302 g/mol. The van der Waals surface area contributed by atoms with E-state index in [0.29, 0.717) is 23.4 Å². The molecule has 1 fully saturated rings. The second-order valence-electron chi connectivity index (χ2n) is 5.22. The molecule has 2 aromatic rings. The molecule has 0 unspecified atom stereocenters. The van der Waals surface area contributed by atoms with Gasteiger partial charge in [-0.05, 0) is 31.0 Å². The van der Waals surface area contributed by atoms with E-state index in [-0.39, 0.29) is 5.69 Å². The van der Waals surface area contributed by atoms with Gasteiger partial charge in [-0.15, -0.1) is 0 Å². The zero-order valence-corrected chi connectivity index (χ0v) is 12.3. The molecule has 1 N–H and O–H groups in total. The number of halogens is 1. The molecule has 1 saturated carbocycles. The fraction of sp³-hybridized carbons (Fsp3) is 0.400. The summed E-state index contributed by atoms with van der Waals surface area (Å²) in [7, 11) is 0. The van der Waals surface area contributed by atoms with Gasteiger partial charge in [0, 0.05) is 6.20 Å². The van der Waals surface area contributed by atoms with Crippen molar-refractivity contribution in [3.05, 3.63) is 40.8 Å². The zero-order chi connectivity index (χ0) is 14.7. The van der Waals surface area contributed by atoms with Gasteiger partial charge in [-0.25, -0.2) is 4.98 Å². The summed E-state index contributed by atoms with van der Waals surface area (Å²) >= 11 is 5.86. The molecule has 21 heavy (non-hydrogen) atoms. The topological polar surface area (TPSA) is 66.5 Å². The summed E-state index contributed by atoms with van der Waals surface area (Å²) in [5.74, 6) is 0.631. The molecule has 0 spiro atoms. The van der Waals surface area contributed by atoms with Crippen LogP contribution in [0.4, 0.5) is 5.82 Å². The first-order valence-corrected chi connectivity index (χ1v) is 7.48. The number of pyridine rings is 1. The number of nitriles is 1. The third-order valence-electron chi connectivity index (χ3n) is 3.76. The van der Waals surface area contributed by atoms with E-state index in [0.717, 1.165) is 5.69 Å². The van der Waals surface area contributed by atoms with E-state index in [1.807, 2.05) is 18.3 Å². The van der Waals surface area contributed by atoms with Gasteiger partial charge in [0.05, 0.1) is 23.3 Å². The summed E-state index contributed by atoms with van der Waals surface area (Å²) in [5, 5.41) is 17.1. The van der Waals surface area contributed by atoms with Gasteiger partial charge in [0.2, 0.25) is 0 Å². The minimum absolute atomic E-state index is 0.234. The molecular formula is C15H16ClN5. The molecule has 0 aliphatic heterocycles. The Kier molecular flexibility index (Phi) is 4.07. The highest BCUT2D eigenvalue weighted by molar-refractivity contribution is 6.31. The molecule has 108 valence electrons. The van der Waals surface area contributed by atoms with Gasteiger partial charge in [0.1, 0.15) is 11.9 Å². The molecule has 1 aliphatic carbocycles. The first-order valence-electron chi connectivity index (χ1n) is 7.11. The zero-order valence-electron chi connectivity index (χ0n) is 11.6. The molecule has 0 aromatic carbocycles. The van der Waals surface area contributed by atoms with Crippen LogP contribution in [-0.2, 0) is 6.54 Å².